The first-order valence-corrected chi connectivity index (χ1v) is 9.63. The van der Waals surface area contributed by atoms with Gasteiger partial charge in [0.2, 0.25) is 0 Å². The molecule has 0 radical (unpaired) electrons. The Bertz CT molecular complexity index is 1100. The van der Waals surface area contributed by atoms with Crippen molar-refractivity contribution in [2.45, 2.75) is 32.4 Å². The summed E-state index contributed by atoms with van der Waals surface area (Å²) in [6, 6.07) is 13.0. The summed E-state index contributed by atoms with van der Waals surface area (Å²) in [5.41, 5.74) is 11.4. The molecule has 1 atom stereocenters. The summed E-state index contributed by atoms with van der Waals surface area (Å²) in [4.78, 5) is 18.1. The molecule has 2 N–H and O–H groups in total. The fourth-order valence-electron chi connectivity index (χ4n) is 4.01. The molecule has 2 aromatic carbocycles. The van der Waals surface area contributed by atoms with Crippen LogP contribution in [0.25, 0.3) is 11.1 Å². The molecule has 0 saturated carbocycles. The van der Waals surface area contributed by atoms with Gasteiger partial charge in [0.1, 0.15) is 17.9 Å². The van der Waals surface area contributed by atoms with Crippen LogP contribution in [0.4, 0.5) is 19.0 Å². The van der Waals surface area contributed by atoms with E-state index >= 15 is 0 Å². The molecule has 2 heterocycles. The Balaban J connectivity index is 1.57. The van der Waals surface area contributed by atoms with Gasteiger partial charge < -0.3 is 15.3 Å². The zero-order chi connectivity index (χ0) is 22.2. The smallest absolute Gasteiger partial charge is 0.406 e. The second kappa shape index (κ2) is 8.03. The third-order valence-corrected chi connectivity index (χ3v) is 5.33. The first kappa shape index (κ1) is 20.9. The van der Waals surface area contributed by atoms with E-state index < -0.39 is 12.4 Å². The van der Waals surface area contributed by atoms with Crippen LogP contribution in [0.15, 0.2) is 54.7 Å². The average Bonchev–Trinajstić information content (AvgIpc) is 3.06. The van der Waals surface area contributed by atoms with Gasteiger partial charge in [-0.05, 0) is 65.1 Å². The Morgan fingerprint density at radius 3 is 2.52 bits per heavy atom. The molecule has 0 fully saturated rings. The predicted octanol–water partition coefficient (Wildman–Crippen LogP) is 4.79. The number of ether oxygens (including phenoxy) is 1. The molecule has 1 unspecified atom stereocenters. The highest BCUT2D eigenvalue weighted by atomic mass is 19.4. The summed E-state index contributed by atoms with van der Waals surface area (Å²) in [6.45, 7) is 2.94. The van der Waals surface area contributed by atoms with Gasteiger partial charge in [0.15, 0.2) is 0 Å². The largest absolute Gasteiger partial charge is 0.573 e. The zero-order valence-corrected chi connectivity index (χ0v) is 16.7. The molecule has 31 heavy (non-hydrogen) atoms. The Labute approximate surface area is 177 Å². The fourth-order valence-corrected chi connectivity index (χ4v) is 4.01. The number of carbonyl (C=O) groups is 1. The molecule has 3 aromatic rings. The van der Waals surface area contributed by atoms with Crippen LogP contribution in [-0.2, 0) is 17.9 Å². The number of fused-ring (bicyclic) bond motifs is 1. The molecule has 8 heteroatoms. The van der Waals surface area contributed by atoms with Crippen molar-refractivity contribution in [1.82, 2.24) is 9.88 Å². The van der Waals surface area contributed by atoms with Crippen molar-refractivity contribution in [1.29, 1.82) is 0 Å². The van der Waals surface area contributed by atoms with Crippen LogP contribution in [-0.4, -0.2) is 22.5 Å². The Kier molecular flexibility index (Phi) is 5.41. The molecule has 0 amide bonds. The van der Waals surface area contributed by atoms with E-state index in [9.17, 15) is 18.0 Å². The fraction of sp³-hybridized carbons (Fsp3) is 0.217. The number of halogens is 3. The minimum Gasteiger partial charge on any atom is -0.406 e. The zero-order valence-electron chi connectivity index (χ0n) is 16.7. The van der Waals surface area contributed by atoms with E-state index in [4.69, 9.17) is 5.73 Å². The third kappa shape index (κ3) is 4.54. The molecule has 4 rings (SSSR count). The molecule has 0 aliphatic carbocycles. The van der Waals surface area contributed by atoms with Crippen LogP contribution in [0, 0.1) is 6.92 Å². The number of benzene rings is 2. The van der Waals surface area contributed by atoms with E-state index in [2.05, 4.69) is 9.72 Å². The van der Waals surface area contributed by atoms with Gasteiger partial charge in [-0.25, -0.2) is 4.98 Å². The lowest BCUT2D eigenvalue weighted by atomic mass is 9.94. The Morgan fingerprint density at radius 2 is 1.90 bits per heavy atom. The number of nitrogens with two attached hydrogens (primary N) is 1. The minimum absolute atomic E-state index is 0.273. The summed E-state index contributed by atoms with van der Waals surface area (Å²) < 4.78 is 41.0. The molecular formula is C23H20F3N3O2. The number of nitrogens with zero attached hydrogens (tertiary/aromatic N) is 2. The number of pyridine rings is 1. The second-order valence-electron chi connectivity index (χ2n) is 7.52. The number of rotatable bonds is 5. The van der Waals surface area contributed by atoms with Gasteiger partial charge in [-0.15, -0.1) is 13.2 Å². The number of anilines is 1. The van der Waals surface area contributed by atoms with Crippen LogP contribution in [0.5, 0.6) is 5.75 Å². The minimum atomic E-state index is -4.73. The van der Waals surface area contributed by atoms with Crippen LogP contribution in [0.2, 0.25) is 0 Å². The maximum absolute atomic E-state index is 12.4. The number of hydrogen-bond acceptors (Lipinski definition) is 5. The normalized spacial score (nSPS) is 16.2. The van der Waals surface area contributed by atoms with Crippen molar-refractivity contribution < 1.29 is 22.7 Å². The summed E-state index contributed by atoms with van der Waals surface area (Å²) >= 11 is 0. The van der Waals surface area contributed by atoms with Gasteiger partial charge in [0, 0.05) is 24.8 Å². The number of alkyl halides is 3. The number of hydrogen-bond donors (Lipinski definition) is 1. The molecule has 1 aliphatic heterocycles. The first-order chi connectivity index (χ1) is 14.7. The lowest BCUT2D eigenvalue weighted by Gasteiger charge is -2.21. The van der Waals surface area contributed by atoms with Gasteiger partial charge in [0.05, 0.1) is 6.04 Å². The van der Waals surface area contributed by atoms with Crippen molar-refractivity contribution in [3.63, 3.8) is 0 Å². The molecule has 0 spiro atoms. The topological polar surface area (TPSA) is 68.5 Å². The van der Waals surface area contributed by atoms with E-state index in [0.717, 1.165) is 39.7 Å². The highest BCUT2D eigenvalue weighted by Crippen LogP contribution is 2.38. The number of aromatic nitrogens is 1. The number of aryl methyl sites for hydroxylation is 1. The number of aldehydes is 1. The van der Waals surface area contributed by atoms with Crippen molar-refractivity contribution >= 4 is 12.1 Å². The van der Waals surface area contributed by atoms with E-state index in [1.54, 1.807) is 24.4 Å². The highest BCUT2D eigenvalue weighted by molar-refractivity contribution is 5.71. The van der Waals surface area contributed by atoms with Crippen LogP contribution >= 0.6 is 0 Å². The van der Waals surface area contributed by atoms with Crippen LogP contribution in [0.3, 0.4) is 0 Å². The number of nitrogen functional groups attached to an aromatic ring is 1. The molecule has 0 saturated heterocycles. The molecule has 1 aromatic heterocycles. The van der Waals surface area contributed by atoms with E-state index in [0.29, 0.717) is 18.9 Å². The highest BCUT2D eigenvalue weighted by Gasteiger charge is 2.33. The van der Waals surface area contributed by atoms with E-state index in [1.807, 2.05) is 30.0 Å². The Morgan fingerprint density at radius 1 is 1.16 bits per heavy atom. The second-order valence-corrected chi connectivity index (χ2v) is 7.52. The van der Waals surface area contributed by atoms with Crippen molar-refractivity contribution in [2.75, 3.05) is 5.73 Å². The molecule has 1 aliphatic rings. The summed E-state index contributed by atoms with van der Waals surface area (Å²) in [7, 11) is 0. The monoisotopic (exact) mass is 427 g/mol. The van der Waals surface area contributed by atoms with Gasteiger partial charge >= 0.3 is 6.36 Å². The first-order valence-electron chi connectivity index (χ1n) is 9.63. The lowest BCUT2D eigenvalue weighted by molar-refractivity contribution is -0.274. The SMILES string of the molecule is Cc1cc(-c2ccc(N)nc2)cc2c1C(C=O)N(Cc1ccc(OC(F)(F)F)cc1)C2. The molecule has 160 valence electrons. The van der Waals surface area contributed by atoms with Crippen LogP contribution in [0.1, 0.15) is 28.3 Å². The quantitative estimate of drug-likeness (QED) is 0.593. The summed E-state index contributed by atoms with van der Waals surface area (Å²) in [6.07, 6.45) is -2.11. The van der Waals surface area contributed by atoms with E-state index in [-0.39, 0.29) is 5.75 Å². The van der Waals surface area contributed by atoms with Crippen LogP contribution < -0.4 is 10.5 Å². The van der Waals surface area contributed by atoms with Gasteiger partial charge in [-0.3, -0.25) is 4.90 Å². The maximum Gasteiger partial charge on any atom is 0.573 e. The number of carbonyl (C=O) groups excluding carboxylic acids is 1. The lowest BCUT2D eigenvalue weighted by Crippen LogP contribution is -2.23. The van der Waals surface area contributed by atoms with Crippen molar-refractivity contribution in [3.8, 4) is 16.9 Å². The van der Waals surface area contributed by atoms with Crippen molar-refractivity contribution in [2.24, 2.45) is 0 Å². The standard InChI is InChI=1S/C23H20F3N3O2/c1-14-8-17(16-4-7-21(27)28-10-16)9-18-12-29(20(13-30)22(14)18)11-15-2-5-19(6-3-15)31-23(24,25)26/h2-10,13,20H,11-12H2,1H3,(H2,27,28). The average molecular weight is 427 g/mol. The summed E-state index contributed by atoms with van der Waals surface area (Å²) in [5, 5.41) is 0. The molecule has 5 nitrogen and oxygen atoms in total. The predicted molar refractivity (Wildman–Crippen MR) is 110 cm³/mol. The Hall–Kier alpha value is -3.39. The molecule has 0 bridgehead atoms. The maximum atomic E-state index is 12.4. The van der Waals surface area contributed by atoms with Crippen molar-refractivity contribution in [3.05, 3.63) is 77.0 Å². The van der Waals surface area contributed by atoms with Gasteiger partial charge in [0.25, 0.3) is 0 Å². The van der Waals surface area contributed by atoms with E-state index in [1.165, 1.54) is 12.1 Å². The van der Waals surface area contributed by atoms with Gasteiger partial charge in [-0.1, -0.05) is 18.2 Å². The van der Waals surface area contributed by atoms with Gasteiger partial charge in [-0.2, -0.15) is 0 Å². The summed E-state index contributed by atoms with van der Waals surface area (Å²) in [5.74, 6) is 0.172. The third-order valence-electron chi connectivity index (χ3n) is 5.33. The molecular weight excluding hydrogens is 407 g/mol.